The Morgan fingerprint density at radius 2 is 2.00 bits per heavy atom. The molecule has 0 radical (unpaired) electrons. The number of fused-ring (bicyclic) bond motifs is 2. The van der Waals surface area contributed by atoms with Crippen LogP contribution in [0, 0.1) is 21.3 Å². The Balaban J connectivity index is 2.05. The molecule has 2 bridgehead atoms. The molecule has 3 unspecified atom stereocenters. The van der Waals surface area contributed by atoms with Crippen LogP contribution in [0.3, 0.4) is 0 Å². The second kappa shape index (κ2) is 4.11. The van der Waals surface area contributed by atoms with Crippen molar-refractivity contribution in [2.45, 2.75) is 29.6 Å². The summed E-state index contributed by atoms with van der Waals surface area (Å²) in [5, 5.41) is 0. The molecule has 2 fully saturated rings. The van der Waals surface area contributed by atoms with Gasteiger partial charge in [-0.1, -0.05) is 47.7 Å². The third-order valence-corrected chi connectivity index (χ3v) is 7.46. The van der Waals surface area contributed by atoms with Gasteiger partial charge in [0.2, 0.25) is 0 Å². The van der Waals surface area contributed by atoms with Crippen LogP contribution in [0.5, 0.6) is 0 Å². The van der Waals surface area contributed by atoms with Crippen molar-refractivity contribution < 1.29 is 0 Å². The number of alkyl halides is 1. The van der Waals surface area contributed by atoms with Crippen molar-refractivity contribution in [3.63, 3.8) is 0 Å². The molecule has 0 aromatic heterocycles. The minimum Gasteiger partial charge on any atom is -0.0733 e. The van der Waals surface area contributed by atoms with Gasteiger partial charge in [-0.05, 0) is 71.2 Å². The summed E-state index contributed by atoms with van der Waals surface area (Å²) in [4.78, 5) is 0. The summed E-state index contributed by atoms with van der Waals surface area (Å²) in [6, 6.07) is 8.96. The van der Waals surface area contributed by atoms with Gasteiger partial charge in [0.1, 0.15) is 0 Å². The van der Waals surface area contributed by atoms with E-state index in [4.69, 9.17) is 0 Å². The Kier molecular flexibility index (Phi) is 3.02. The van der Waals surface area contributed by atoms with Crippen molar-refractivity contribution in [3.05, 3.63) is 33.4 Å². The fourth-order valence-electron chi connectivity index (χ4n) is 3.82. The van der Waals surface area contributed by atoms with Gasteiger partial charge >= 0.3 is 0 Å². The number of rotatable bonds is 1. The van der Waals surface area contributed by atoms with Crippen LogP contribution in [0.2, 0.25) is 0 Å². The van der Waals surface area contributed by atoms with E-state index in [1.165, 1.54) is 22.8 Å². The van der Waals surface area contributed by atoms with Crippen molar-refractivity contribution in [1.29, 1.82) is 0 Å². The number of hydrogen-bond donors (Lipinski definition) is 0. The lowest BCUT2D eigenvalue weighted by Crippen LogP contribution is -2.27. The topological polar surface area (TPSA) is 0 Å². The molecule has 0 saturated heterocycles. The summed E-state index contributed by atoms with van der Waals surface area (Å²) < 4.78 is 1.88. The van der Waals surface area contributed by atoms with Crippen molar-refractivity contribution in [3.8, 4) is 0 Å². The number of hydrogen-bond acceptors (Lipinski definition) is 0. The minimum absolute atomic E-state index is 0.428. The van der Waals surface area contributed by atoms with Gasteiger partial charge in [0.05, 0.1) is 3.42 Å². The zero-order valence-corrected chi connectivity index (χ0v) is 13.7. The number of benzene rings is 1. The lowest BCUT2D eigenvalue weighted by Gasteiger charge is -2.34. The molecule has 4 atom stereocenters. The molecule has 3 rings (SSSR count). The van der Waals surface area contributed by atoms with Crippen LogP contribution >= 0.6 is 45.2 Å². The fourth-order valence-corrected chi connectivity index (χ4v) is 7.12. The second-order valence-electron chi connectivity index (χ2n) is 5.35. The first kappa shape index (κ1) is 11.8. The van der Waals surface area contributed by atoms with Gasteiger partial charge in [0, 0.05) is 3.57 Å². The standard InChI is InChI=1S/C14H16I2/c1-9-10-6-7-11(9)14(16,8-10)12-4-2-3-5-13(12)15/h2-5,9-11H,6-8H2,1H3/t9-,10?,11?,14?/m0/s1. The van der Waals surface area contributed by atoms with Crippen molar-refractivity contribution in [2.75, 3.05) is 0 Å². The molecule has 0 heterocycles. The highest BCUT2D eigenvalue weighted by atomic mass is 127. The average molecular weight is 438 g/mol. The highest BCUT2D eigenvalue weighted by Gasteiger charge is 2.55. The predicted molar refractivity (Wildman–Crippen MR) is 84.9 cm³/mol. The van der Waals surface area contributed by atoms with Gasteiger partial charge < -0.3 is 0 Å². The van der Waals surface area contributed by atoms with Gasteiger partial charge in [-0.2, -0.15) is 0 Å². The molecule has 2 heteroatoms. The van der Waals surface area contributed by atoms with Gasteiger partial charge in [-0.25, -0.2) is 0 Å². The van der Waals surface area contributed by atoms with E-state index in [1.807, 2.05) is 0 Å². The first-order valence-electron chi connectivity index (χ1n) is 6.07. The largest absolute Gasteiger partial charge is 0.0733 e. The summed E-state index contributed by atoms with van der Waals surface area (Å²) in [7, 11) is 0. The van der Waals surface area contributed by atoms with Gasteiger partial charge in [-0.15, -0.1) is 0 Å². The Hall–Kier alpha value is 0.680. The van der Waals surface area contributed by atoms with E-state index in [2.05, 4.69) is 76.4 Å². The maximum Gasteiger partial charge on any atom is 0.0514 e. The van der Waals surface area contributed by atoms with E-state index >= 15 is 0 Å². The first-order chi connectivity index (χ1) is 7.63. The van der Waals surface area contributed by atoms with Crippen LogP contribution in [-0.4, -0.2) is 0 Å². The van der Waals surface area contributed by atoms with Crippen LogP contribution in [0.1, 0.15) is 31.7 Å². The summed E-state index contributed by atoms with van der Waals surface area (Å²) in [5.74, 6) is 2.83. The number of halogens is 2. The summed E-state index contributed by atoms with van der Waals surface area (Å²) in [6.07, 6.45) is 4.32. The quantitative estimate of drug-likeness (QED) is 0.429. The Labute approximate surface area is 125 Å². The monoisotopic (exact) mass is 438 g/mol. The summed E-state index contributed by atoms with van der Waals surface area (Å²) >= 11 is 5.26. The van der Waals surface area contributed by atoms with E-state index in [0.717, 1.165) is 17.8 Å². The molecule has 1 aromatic rings. The Morgan fingerprint density at radius 3 is 2.56 bits per heavy atom. The van der Waals surface area contributed by atoms with Crippen molar-refractivity contribution in [1.82, 2.24) is 0 Å². The molecular weight excluding hydrogens is 422 g/mol. The molecule has 0 N–H and O–H groups in total. The van der Waals surface area contributed by atoms with Gasteiger partial charge in [0.15, 0.2) is 0 Å². The van der Waals surface area contributed by atoms with E-state index in [9.17, 15) is 0 Å². The van der Waals surface area contributed by atoms with Crippen LogP contribution in [-0.2, 0) is 3.42 Å². The zero-order chi connectivity index (χ0) is 11.3. The second-order valence-corrected chi connectivity index (χ2v) is 8.44. The average Bonchev–Trinajstić information content (AvgIpc) is 2.72. The molecule has 16 heavy (non-hydrogen) atoms. The highest BCUT2D eigenvalue weighted by molar-refractivity contribution is 14.1. The smallest absolute Gasteiger partial charge is 0.0514 e. The highest BCUT2D eigenvalue weighted by Crippen LogP contribution is 2.63. The van der Waals surface area contributed by atoms with Crippen LogP contribution in [0.4, 0.5) is 0 Å². The zero-order valence-electron chi connectivity index (χ0n) is 9.42. The van der Waals surface area contributed by atoms with Gasteiger partial charge in [-0.3, -0.25) is 0 Å². The predicted octanol–water partition coefficient (Wildman–Crippen LogP) is 4.99. The molecule has 0 spiro atoms. The molecule has 1 aromatic carbocycles. The van der Waals surface area contributed by atoms with E-state index in [-0.39, 0.29) is 0 Å². The van der Waals surface area contributed by atoms with E-state index in [0.29, 0.717) is 3.42 Å². The van der Waals surface area contributed by atoms with Crippen molar-refractivity contribution >= 4 is 45.2 Å². The summed E-state index contributed by atoms with van der Waals surface area (Å²) in [6.45, 7) is 2.47. The maximum atomic E-state index is 2.76. The van der Waals surface area contributed by atoms with Crippen molar-refractivity contribution in [2.24, 2.45) is 17.8 Å². The summed E-state index contributed by atoms with van der Waals surface area (Å²) in [5.41, 5.74) is 1.59. The van der Waals surface area contributed by atoms with Gasteiger partial charge in [0.25, 0.3) is 0 Å². The molecule has 2 aliphatic carbocycles. The first-order valence-corrected chi connectivity index (χ1v) is 8.22. The maximum absolute atomic E-state index is 2.76. The molecule has 2 aliphatic rings. The normalized spacial score (nSPS) is 41.6. The van der Waals surface area contributed by atoms with Crippen LogP contribution in [0.25, 0.3) is 0 Å². The third kappa shape index (κ3) is 1.58. The molecule has 2 saturated carbocycles. The Morgan fingerprint density at radius 1 is 1.25 bits per heavy atom. The minimum atomic E-state index is 0.428. The molecule has 86 valence electrons. The third-order valence-electron chi connectivity index (χ3n) is 4.70. The van der Waals surface area contributed by atoms with Crippen LogP contribution < -0.4 is 0 Å². The lowest BCUT2D eigenvalue weighted by molar-refractivity contribution is 0.389. The molecular formula is C14H16I2. The lowest BCUT2D eigenvalue weighted by atomic mass is 9.83. The van der Waals surface area contributed by atoms with E-state index < -0.39 is 0 Å². The SMILES string of the molecule is C[C@H]1C2CCC1C(I)(c1ccccc1I)C2. The molecule has 0 amide bonds. The molecule has 0 aliphatic heterocycles. The van der Waals surface area contributed by atoms with Crippen LogP contribution in [0.15, 0.2) is 24.3 Å². The fraction of sp³-hybridized carbons (Fsp3) is 0.571. The molecule has 0 nitrogen and oxygen atoms in total. The van der Waals surface area contributed by atoms with E-state index in [1.54, 1.807) is 5.56 Å². The Bertz CT molecular complexity index is 415.